The summed E-state index contributed by atoms with van der Waals surface area (Å²) in [6.45, 7) is -0.264. The predicted molar refractivity (Wildman–Crippen MR) is 105 cm³/mol. The highest BCUT2D eigenvalue weighted by molar-refractivity contribution is 6.01. The molecule has 3 aromatic rings. The summed E-state index contributed by atoms with van der Waals surface area (Å²) in [6, 6.07) is 20.3. The van der Waals surface area contributed by atoms with E-state index in [2.05, 4.69) is 11.4 Å². The molecule has 1 atom stereocenters. The number of hydrogen-bond acceptors (Lipinski definition) is 4. The van der Waals surface area contributed by atoms with Crippen LogP contribution >= 0.6 is 0 Å². The molecule has 1 aliphatic heterocycles. The molecule has 1 heterocycles. The number of rotatable bonds is 4. The number of nitrogens with zero attached hydrogens (tertiary/aromatic N) is 2. The van der Waals surface area contributed by atoms with Gasteiger partial charge in [0.1, 0.15) is 23.0 Å². The van der Waals surface area contributed by atoms with E-state index in [0.717, 1.165) is 0 Å². The van der Waals surface area contributed by atoms with Crippen LogP contribution in [0.2, 0.25) is 0 Å². The molecule has 4 nitrogen and oxygen atoms in total. The molecular formula is C23H17F2N3O. The van der Waals surface area contributed by atoms with E-state index in [1.807, 2.05) is 6.07 Å². The van der Waals surface area contributed by atoms with Gasteiger partial charge in [0.05, 0.1) is 24.3 Å². The number of nitriles is 1. The summed E-state index contributed by atoms with van der Waals surface area (Å²) < 4.78 is 27.2. The zero-order valence-corrected chi connectivity index (χ0v) is 15.3. The van der Waals surface area contributed by atoms with Crippen LogP contribution in [0.15, 0.2) is 77.8 Å². The lowest BCUT2D eigenvalue weighted by Gasteiger charge is -2.33. The molecule has 0 bridgehead atoms. The molecule has 0 saturated heterocycles. The van der Waals surface area contributed by atoms with Crippen LogP contribution < -0.4 is 5.32 Å². The van der Waals surface area contributed by atoms with E-state index < -0.39 is 11.6 Å². The van der Waals surface area contributed by atoms with Gasteiger partial charge in [-0.05, 0) is 47.5 Å². The Balaban J connectivity index is 1.94. The summed E-state index contributed by atoms with van der Waals surface area (Å²) >= 11 is 0. The van der Waals surface area contributed by atoms with Crippen LogP contribution in [0.3, 0.4) is 0 Å². The molecule has 0 aliphatic carbocycles. The number of benzene rings is 3. The summed E-state index contributed by atoms with van der Waals surface area (Å²) in [5, 5.41) is 22.6. The van der Waals surface area contributed by atoms with E-state index in [0.29, 0.717) is 28.1 Å². The molecule has 0 spiro atoms. The van der Waals surface area contributed by atoms with E-state index in [9.17, 15) is 19.1 Å². The lowest BCUT2D eigenvalue weighted by Crippen LogP contribution is -2.46. The average molecular weight is 389 g/mol. The summed E-state index contributed by atoms with van der Waals surface area (Å²) in [4.78, 5) is 4.91. The Hall–Kier alpha value is -3.56. The Morgan fingerprint density at radius 1 is 0.966 bits per heavy atom. The second kappa shape index (κ2) is 7.46. The summed E-state index contributed by atoms with van der Waals surface area (Å²) in [7, 11) is 0. The number of amidine groups is 1. The molecule has 1 aliphatic rings. The Kier molecular flexibility index (Phi) is 4.83. The number of hydrogen-bond donors (Lipinski definition) is 2. The van der Waals surface area contributed by atoms with Crippen molar-refractivity contribution >= 4 is 5.84 Å². The van der Waals surface area contributed by atoms with Crippen molar-refractivity contribution in [2.45, 2.75) is 11.6 Å². The van der Waals surface area contributed by atoms with Gasteiger partial charge in [-0.25, -0.2) is 13.8 Å². The molecule has 0 radical (unpaired) electrons. The molecule has 29 heavy (non-hydrogen) atoms. The van der Waals surface area contributed by atoms with Crippen LogP contribution in [-0.4, -0.2) is 23.6 Å². The van der Waals surface area contributed by atoms with Crippen molar-refractivity contribution < 1.29 is 13.9 Å². The van der Waals surface area contributed by atoms with Crippen molar-refractivity contribution in [3.8, 4) is 6.07 Å². The largest absolute Gasteiger partial charge is 0.394 e. The van der Waals surface area contributed by atoms with Gasteiger partial charge in [-0.1, -0.05) is 36.4 Å². The molecule has 0 amide bonds. The zero-order chi connectivity index (χ0) is 20.4. The Labute approximate surface area is 166 Å². The van der Waals surface area contributed by atoms with Gasteiger partial charge in [-0.2, -0.15) is 5.26 Å². The van der Waals surface area contributed by atoms with Crippen LogP contribution in [0.5, 0.6) is 0 Å². The minimum absolute atomic E-state index is 0.264. The molecule has 1 unspecified atom stereocenters. The number of halogens is 2. The van der Waals surface area contributed by atoms with Crippen LogP contribution in [0.1, 0.15) is 22.3 Å². The van der Waals surface area contributed by atoms with Gasteiger partial charge < -0.3 is 10.4 Å². The second-order valence-corrected chi connectivity index (χ2v) is 6.81. The van der Waals surface area contributed by atoms with Crippen LogP contribution in [-0.2, 0) is 5.54 Å². The van der Waals surface area contributed by atoms with E-state index in [1.165, 1.54) is 24.3 Å². The summed E-state index contributed by atoms with van der Waals surface area (Å²) in [5.74, 6) is -0.282. The second-order valence-electron chi connectivity index (χ2n) is 6.81. The third-order valence-electron chi connectivity index (χ3n) is 5.12. The highest BCUT2D eigenvalue weighted by atomic mass is 19.1. The van der Waals surface area contributed by atoms with Gasteiger partial charge in [-0.15, -0.1) is 0 Å². The van der Waals surface area contributed by atoms with Gasteiger partial charge in [0.2, 0.25) is 0 Å². The van der Waals surface area contributed by atoms with Crippen molar-refractivity contribution in [3.63, 3.8) is 0 Å². The highest BCUT2D eigenvalue weighted by Gasteiger charge is 2.47. The van der Waals surface area contributed by atoms with Gasteiger partial charge >= 0.3 is 0 Å². The first-order chi connectivity index (χ1) is 14.1. The highest BCUT2D eigenvalue weighted by Crippen LogP contribution is 2.41. The Morgan fingerprint density at radius 3 is 2.07 bits per heavy atom. The maximum absolute atomic E-state index is 13.6. The average Bonchev–Trinajstić information content (AvgIpc) is 3.15. The molecule has 3 aromatic carbocycles. The normalized spacial score (nSPS) is 17.3. The van der Waals surface area contributed by atoms with Crippen molar-refractivity contribution in [1.29, 1.82) is 5.26 Å². The fourth-order valence-corrected chi connectivity index (χ4v) is 3.72. The quantitative estimate of drug-likeness (QED) is 0.718. The fourth-order valence-electron chi connectivity index (χ4n) is 3.72. The SMILES string of the molecule is N#Cc1cccc(C2=NC(c3ccc(F)cc3)(c3ccc(F)cc3)C(CO)N2)c1. The minimum atomic E-state index is -1.09. The first-order valence-electron chi connectivity index (χ1n) is 9.06. The van der Waals surface area contributed by atoms with Crippen LogP contribution in [0, 0.1) is 23.0 Å². The molecule has 144 valence electrons. The number of aliphatic imine (C=N–C) groups is 1. The first kappa shape index (κ1) is 18.8. The van der Waals surface area contributed by atoms with Crippen molar-refractivity contribution in [2.75, 3.05) is 6.61 Å². The number of nitrogens with one attached hydrogen (secondary N) is 1. The molecule has 6 heteroatoms. The summed E-state index contributed by atoms with van der Waals surface area (Å²) in [5.41, 5.74) is 1.39. The van der Waals surface area contributed by atoms with Crippen molar-refractivity contribution in [1.82, 2.24) is 5.32 Å². The predicted octanol–water partition coefficient (Wildman–Crippen LogP) is 3.49. The third kappa shape index (κ3) is 3.26. The van der Waals surface area contributed by atoms with Crippen LogP contribution in [0.4, 0.5) is 8.78 Å². The minimum Gasteiger partial charge on any atom is -0.394 e. The third-order valence-corrected chi connectivity index (χ3v) is 5.12. The number of aliphatic hydroxyl groups is 1. The van der Waals surface area contributed by atoms with E-state index >= 15 is 0 Å². The zero-order valence-electron chi connectivity index (χ0n) is 15.3. The van der Waals surface area contributed by atoms with Gasteiger partial charge in [0.25, 0.3) is 0 Å². The Morgan fingerprint density at radius 2 is 1.55 bits per heavy atom. The molecule has 0 fully saturated rings. The maximum Gasteiger partial charge on any atom is 0.135 e. The molecule has 0 saturated carbocycles. The van der Waals surface area contributed by atoms with Crippen molar-refractivity contribution in [3.05, 3.63) is 107 Å². The molecular weight excluding hydrogens is 372 g/mol. The smallest absolute Gasteiger partial charge is 0.135 e. The number of aliphatic hydroxyl groups excluding tert-OH is 1. The Bertz CT molecular complexity index is 1060. The van der Waals surface area contributed by atoms with Gasteiger partial charge in [-0.3, -0.25) is 0 Å². The first-order valence-corrected chi connectivity index (χ1v) is 9.06. The standard InChI is InChI=1S/C23H17F2N3O/c24-19-8-4-17(5-9-19)23(18-6-10-20(25)11-7-18)21(14-29)27-22(28-23)16-3-1-2-15(12-16)13-26/h1-12,21,29H,14H2,(H,27,28). The van der Waals surface area contributed by atoms with E-state index in [4.69, 9.17) is 4.99 Å². The fraction of sp³-hybridized carbons (Fsp3) is 0.130. The maximum atomic E-state index is 13.6. The van der Waals surface area contributed by atoms with Gasteiger partial charge in [0, 0.05) is 5.56 Å². The molecule has 4 rings (SSSR count). The van der Waals surface area contributed by atoms with Gasteiger partial charge in [0.15, 0.2) is 0 Å². The topological polar surface area (TPSA) is 68.4 Å². The monoisotopic (exact) mass is 389 g/mol. The van der Waals surface area contributed by atoms with Crippen molar-refractivity contribution in [2.24, 2.45) is 4.99 Å². The van der Waals surface area contributed by atoms with E-state index in [1.54, 1.807) is 42.5 Å². The lowest BCUT2D eigenvalue weighted by molar-refractivity contribution is 0.221. The van der Waals surface area contributed by atoms with E-state index in [-0.39, 0.29) is 18.2 Å². The molecule has 2 N–H and O–H groups in total. The van der Waals surface area contributed by atoms with Crippen LogP contribution in [0.25, 0.3) is 0 Å². The molecule has 0 aromatic heterocycles. The summed E-state index contributed by atoms with van der Waals surface area (Å²) in [6.07, 6.45) is 0. The lowest BCUT2D eigenvalue weighted by atomic mass is 9.78.